The summed E-state index contributed by atoms with van der Waals surface area (Å²) in [5.41, 5.74) is 33.3. The van der Waals surface area contributed by atoms with E-state index in [9.17, 15) is 0 Å². The monoisotopic (exact) mass is 1610 g/mol. The Balaban J connectivity index is 0.000000145. The van der Waals surface area contributed by atoms with Gasteiger partial charge in [0, 0.05) is 94.7 Å². The molecule has 5 aromatic heterocycles. The number of hydrogen-bond donors (Lipinski definition) is 0. The molecule has 5 heterocycles. The number of benzene rings is 19. The zero-order chi connectivity index (χ0) is 83.4. The summed E-state index contributed by atoms with van der Waals surface area (Å²) in [6, 6.07) is 175. The van der Waals surface area contributed by atoms with E-state index in [1.807, 2.05) is 6.20 Å². The second-order valence-corrected chi connectivity index (χ2v) is 32.2. The maximum absolute atomic E-state index is 5.19. The van der Waals surface area contributed by atoms with Crippen molar-refractivity contribution in [1.29, 1.82) is 0 Å². The summed E-state index contributed by atoms with van der Waals surface area (Å²) in [4.78, 5) is 9.77. The van der Waals surface area contributed by atoms with Crippen molar-refractivity contribution >= 4 is 133 Å². The van der Waals surface area contributed by atoms with Gasteiger partial charge in [-0.3, -0.25) is 4.90 Å². The van der Waals surface area contributed by atoms with Crippen LogP contribution in [0.25, 0.3) is 176 Å². The number of pyridine rings is 1. The molecule has 0 amide bonds. The van der Waals surface area contributed by atoms with Crippen LogP contribution < -0.4 is 9.80 Å². The van der Waals surface area contributed by atoms with E-state index in [2.05, 4.69) is 513 Å². The highest BCUT2D eigenvalue weighted by molar-refractivity contribution is 6.23. The smallest absolute Gasteiger partial charge is 0.137 e. The summed E-state index contributed by atoms with van der Waals surface area (Å²) in [6.45, 7) is 0. The van der Waals surface area contributed by atoms with Crippen molar-refractivity contribution in [3.8, 4) is 78.1 Å². The second kappa shape index (κ2) is 31.9. The minimum absolute atomic E-state index is 0.845. The fourth-order valence-corrected chi connectivity index (χ4v) is 19.0. The first-order valence-corrected chi connectivity index (χ1v) is 43.1. The molecule has 0 unspecified atom stereocenters. The first kappa shape index (κ1) is 74.2. The molecule has 19 aromatic carbocycles. The Labute approximate surface area is 729 Å². The first-order chi connectivity index (χ1) is 62.5. The number of aromatic nitrogens is 5. The molecule has 0 atom stereocenters. The van der Waals surface area contributed by atoms with Crippen molar-refractivity contribution in [3.05, 3.63) is 492 Å². The number of hydrogen-bond acceptors (Lipinski definition) is 3. The van der Waals surface area contributed by atoms with Crippen molar-refractivity contribution in [3.63, 3.8) is 0 Å². The molecule has 7 nitrogen and oxygen atoms in total. The van der Waals surface area contributed by atoms with Crippen LogP contribution in [0.1, 0.15) is 0 Å². The Morgan fingerprint density at radius 1 is 0.159 bits per heavy atom. The number of fused-ring (bicyclic) bond motifs is 14. The molecule has 0 radical (unpaired) electrons. The van der Waals surface area contributed by atoms with Gasteiger partial charge < -0.3 is 22.8 Å². The minimum atomic E-state index is 0.845. The topological polar surface area (TPSA) is 38.0 Å². The SMILES string of the molecule is c1ccc(-c2ccc(N(c3ccc(-c4ccccc4)cc3)c3ccc(-c4ccc5c(c4)c4cccc6c7ccccc7n(-c7ccccc7)c7ccccc7n5c64)cc3)cc2)cc1.c1ccc(-c2ccc(N(c3ccc(-c4ccccc4)cc3)c3ccc(-c4ccc5c(c4)c4cccc6c7ccccc7n(-c7ccccc7)c7ccccc7n5c64)cn3)cc2)cc1. The first-order valence-electron chi connectivity index (χ1n) is 43.1. The van der Waals surface area contributed by atoms with Gasteiger partial charge in [-0.1, -0.05) is 328 Å². The van der Waals surface area contributed by atoms with Gasteiger partial charge >= 0.3 is 0 Å². The molecule has 126 heavy (non-hydrogen) atoms. The molecule has 0 fully saturated rings. The summed E-state index contributed by atoms with van der Waals surface area (Å²) >= 11 is 0. The molecule has 0 saturated heterocycles. The third kappa shape index (κ3) is 13.3. The molecular formula is C119H81N7. The number of rotatable bonds is 14. The lowest BCUT2D eigenvalue weighted by Crippen LogP contribution is -2.11. The van der Waals surface area contributed by atoms with Crippen LogP contribution in [-0.2, 0) is 0 Å². The van der Waals surface area contributed by atoms with E-state index in [0.29, 0.717) is 0 Å². The Hall–Kier alpha value is -16.9. The van der Waals surface area contributed by atoms with Crippen molar-refractivity contribution in [2.75, 3.05) is 9.80 Å². The normalized spacial score (nSPS) is 11.5. The van der Waals surface area contributed by atoms with E-state index in [1.54, 1.807) is 0 Å². The Morgan fingerprint density at radius 3 is 0.754 bits per heavy atom. The van der Waals surface area contributed by atoms with Crippen LogP contribution in [0, 0.1) is 0 Å². The zero-order valence-corrected chi connectivity index (χ0v) is 68.9. The lowest BCUT2D eigenvalue weighted by atomic mass is 10.0. The molecule has 7 heteroatoms. The van der Waals surface area contributed by atoms with E-state index in [0.717, 1.165) is 95.4 Å². The number of anilines is 6. The standard InChI is InChI=1S/C60H41N3.C59H40N4/c1-4-15-42(16-5-1)44-27-34-49(35-28-44)61(50-36-29-45(30-37-50)43-17-6-2-7-18-43)51-38-31-46(32-39-51)47-33-40-57-55(41-47)54-23-14-22-53-52-21-10-11-24-56(52)62(48-19-8-3-9-20-48)58-25-12-13-26-59(58)63(57)60(53)54;1-4-15-41(16-5-1)43-27-33-48(34-28-43)61(49-35-29-44(30-36-49)42-17-6-2-7-18-42)58-38-32-46(40-60-58)45-31-37-55-53(39-45)52-23-14-22-51-50-21-10-11-24-54(50)62(47-19-8-3-9-20-47)56-25-12-13-26-57(56)63(55)59(51)52/h1-41H;1-40H. The van der Waals surface area contributed by atoms with Crippen molar-refractivity contribution in [1.82, 2.24) is 22.9 Å². The fourth-order valence-electron chi connectivity index (χ4n) is 19.0. The van der Waals surface area contributed by atoms with Gasteiger partial charge in [0.25, 0.3) is 0 Å². The fraction of sp³-hybridized carbons (Fsp3) is 0. The average Bonchev–Trinajstić information content (AvgIpc) is 1.56. The highest BCUT2D eigenvalue weighted by Crippen LogP contribution is 2.45. The summed E-state index contributed by atoms with van der Waals surface area (Å²) in [7, 11) is 0. The molecule has 0 aliphatic rings. The average molecular weight is 1610 g/mol. The Bertz CT molecular complexity index is 7580. The molecule has 0 saturated carbocycles. The van der Waals surface area contributed by atoms with Gasteiger partial charge in [0.05, 0.1) is 55.2 Å². The van der Waals surface area contributed by atoms with E-state index in [4.69, 9.17) is 4.98 Å². The third-order valence-electron chi connectivity index (χ3n) is 24.9. The summed E-state index contributed by atoms with van der Waals surface area (Å²) < 4.78 is 9.76. The predicted molar refractivity (Wildman–Crippen MR) is 531 cm³/mol. The molecule has 0 aliphatic carbocycles. The van der Waals surface area contributed by atoms with Crippen LogP contribution in [0.15, 0.2) is 492 Å². The molecule has 0 N–H and O–H groups in total. The lowest BCUT2D eigenvalue weighted by molar-refractivity contribution is 1.16. The molecule has 0 aliphatic heterocycles. The van der Waals surface area contributed by atoms with E-state index in [1.165, 1.54) is 115 Å². The van der Waals surface area contributed by atoms with E-state index >= 15 is 0 Å². The van der Waals surface area contributed by atoms with Crippen LogP contribution in [0.2, 0.25) is 0 Å². The molecular weight excluding hydrogens is 1530 g/mol. The second-order valence-electron chi connectivity index (χ2n) is 32.2. The van der Waals surface area contributed by atoms with Crippen LogP contribution in [0.3, 0.4) is 0 Å². The molecule has 0 spiro atoms. The summed E-state index contributed by atoms with van der Waals surface area (Å²) in [6.07, 6.45) is 2.02. The van der Waals surface area contributed by atoms with Gasteiger partial charge in [-0.05, 0) is 219 Å². The van der Waals surface area contributed by atoms with Gasteiger partial charge in [0.2, 0.25) is 0 Å². The number of nitrogens with zero attached hydrogens (tertiary/aromatic N) is 7. The van der Waals surface area contributed by atoms with Gasteiger partial charge in [-0.2, -0.15) is 0 Å². The van der Waals surface area contributed by atoms with Crippen molar-refractivity contribution in [2.45, 2.75) is 0 Å². The molecule has 24 rings (SSSR count). The third-order valence-corrected chi connectivity index (χ3v) is 24.9. The van der Waals surface area contributed by atoms with Crippen LogP contribution in [0.4, 0.5) is 34.3 Å². The molecule has 24 aromatic rings. The maximum Gasteiger partial charge on any atom is 0.137 e. The van der Waals surface area contributed by atoms with Crippen LogP contribution >= 0.6 is 0 Å². The van der Waals surface area contributed by atoms with Crippen molar-refractivity contribution in [2.24, 2.45) is 0 Å². The molecule has 0 bridgehead atoms. The van der Waals surface area contributed by atoms with Gasteiger partial charge in [0.1, 0.15) is 5.82 Å². The maximum atomic E-state index is 5.19. The van der Waals surface area contributed by atoms with Crippen LogP contribution in [-0.4, -0.2) is 22.9 Å². The van der Waals surface area contributed by atoms with E-state index in [-0.39, 0.29) is 0 Å². The zero-order valence-electron chi connectivity index (χ0n) is 68.9. The highest BCUT2D eigenvalue weighted by atomic mass is 15.2. The largest absolute Gasteiger partial charge is 0.311 e. The Kier molecular flexibility index (Phi) is 18.8. The predicted octanol–water partition coefficient (Wildman–Crippen LogP) is 32.1. The molecule has 592 valence electrons. The minimum Gasteiger partial charge on any atom is -0.311 e. The van der Waals surface area contributed by atoms with Crippen LogP contribution in [0.5, 0.6) is 0 Å². The highest BCUT2D eigenvalue weighted by Gasteiger charge is 2.23. The lowest BCUT2D eigenvalue weighted by Gasteiger charge is -2.26. The van der Waals surface area contributed by atoms with Gasteiger partial charge in [0.15, 0.2) is 0 Å². The summed E-state index contributed by atoms with van der Waals surface area (Å²) in [5.74, 6) is 0.845. The van der Waals surface area contributed by atoms with Gasteiger partial charge in [-0.15, -0.1) is 0 Å². The van der Waals surface area contributed by atoms with E-state index < -0.39 is 0 Å². The Morgan fingerprint density at radius 2 is 0.413 bits per heavy atom. The quantitative estimate of drug-likeness (QED) is 0.109. The van der Waals surface area contributed by atoms with Crippen molar-refractivity contribution < 1.29 is 0 Å². The van der Waals surface area contributed by atoms with Gasteiger partial charge in [-0.25, -0.2) is 4.98 Å². The number of para-hydroxylation sites is 10. The summed E-state index contributed by atoms with van der Waals surface area (Å²) in [5, 5.41) is 9.71.